The Kier molecular flexibility index (Phi) is 3.19. The van der Waals surface area contributed by atoms with Crippen molar-refractivity contribution in [2.45, 2.75) is 19.9 Å². The third-order valence-electron chi connectivity index (χ3n) is 2.90. The monoisotopic (exact) mass is 281 g/mol. The molecule has 0 aromatic heterocycles. The van der Waals surface area contributed by atoms with Crippen molar-refractivity contribution in [2.75, 3.05) is 11.4 Å². The second-order valence-corrected chi connectivity index (χ2v) is 5.19. The van der Waals surface area contributed by atoms with Crippen molar-refractivity contribution in [1.29, 1.82) is 0 Å². The Bertz CT molecular complexity index is 414. The lowest BCUT2D eigenvalue weighted by atomic mass is 10.0. The molecule has 1 aromatic carbocycles. The zero-order valence-corrected chi connectivity index (χ0v) is 11.1. The van der Waals surface area contributed by atoms with Gasteiger partial charge in [0, 0.05) is 4.47 Å². The Morgan fingerprint density at radius 2 is 2.12 bits per heavy atom. The normalized spacial score (nSPS) is 20.4. The number of nitrogens with zero attached hydrogens (tertiary/aromatic N) is 2. The van der Waals surface area contributed by atoms with Gasteiger partial charge in [-0.2, -0.15) is 0 Å². The maximum Gasteiger partial charge on any atom is 0.196 e. The summed E-state index contributed by atoms with van der Waals surface area (Å²) in [5.74, 6) is 1.14. The van der Waals surface area contributed by atoms with Crippen LogP contribution >= 0.6 is 15.9 Å². The molecule has 1 aromatic rings. The second kappa shape index (κ2) is 4.45. The van der Waals surface area contributed by atoms with E-state index in [4.69, 9.17) is 5.73 Å². The van der Waals surface area contributed by atoms with Gasteiger partial charge in [0.2, 0.25) is 0 Å². The molecule has 0 spiro atoms. The van der Waals surface area contributed by atoms with Gasteiger partial charge in [0.25, 0.3) is 0 Å². The fourth-order valence-electron chi connectivity index (χ4n) is 1.97. The van der Waals surface area contributed by atoms with Crippen molar-refractivity contribution < 1.29 is 0 Å². The number of guanidine groups is 1. The summed E-state index contributed by atoms with van der Waals surface area (Å²) in [7, 11) is 0. The summed E-state index contributed by atoms with van der Waals surface area (Å²) in [5, 5.41) is 0. The first-order valence-electron chi connectivity index (χ1n) is 5.45. The number of rotatable bonds is 2. The molecule has 1 unspecified atom stereocenters. The largest absolute Gasteiger partial charge is 0.370 e. The predicted octanol–water partition coefficient (Wildman–Crippen LogP) is 2.61. The van der Waals surface area contributed by atoms with E-state index >= 15 is 0 Å². The van der Waals surface area contributed by atoms with Gasteiger partial charge in [0.1, 0.15) is 0 Å². The second-order valence-electron chi connectivity index (χ2n) is 4.33. The third-order valence-corrected chi connectivity index (χ3v) is 3.57. The van der Waals surface area contributed by atoms with Crippen molar-refractivity contribution >= 4 is 27.6 Å². The molecule has 86 valence electrons. The topological polar surface area (TPSA) is 41.6 Å². The number of hydrogen-bond acceptors (Lipinski definition) is 3. The fraction of sp³-hybridized carbons (Fsp3) is 0.417. The SMILES string of the molecule is CC(C)C1CN=C(N)N1c1ccccc1Br. The summed E-state index contributed by atoms with van der Waals surface area (Å²) in [6, 6.07) is 8.47. The first kappa shape index (κ1) is 11.5. The Labute approximate surface area is 104 Å². The summed E-state index contributed by atoms with van der Waals surface area (Å²) in [6.45, 7) is 5.18. The van der Waals surface area contributed by atoms with E-state index in [-0.39, 0.29) is 0 Å². The van der Waals surface area contributed by atoms with Crippen LogP contribution in [0.15, 0.2) is 33.7 Å². The summed E-state index contributed by atoms with van der Waals surface area (Å²) >= 11 is 3.56. The molecule has 0 radical (unpaired) electrons. The molecule has 0 amide bonds. The molecule has 1 atom stereocenters. The van der Waals surface area contributed by atoms with Crippen molar-refractivity contribution in [3.05, 3.63) is 28.7 Å². The fourth-order valence-corrected chi connectivity index (χ4v) is 2.45. The molecule has 0 saturated carbocycles. The van der Waals surface area contributed by atoms with Gasteiger partial charge in [0.05, 0.1) is 18.3 Å². The van der Waals surface area contributed by atoms with Gasteiger partial charge in [-0.05, 0) is 34.0 Å². The summed E-state index contributed by atoms with van der Waals surface area (Å²) in [4.78, 5) is 6.46. The summed E-state index contributed by atoms with van der Waals surface area (Å²) in [5.41, 5.74) is 7.06. The van der Waals surface area contributed by atoms with Crippen LogP contribution in [0.2, 0.25) is 0 Å². The maximum atomic E-state index is 5.96. The number of nitrogens with two attached hydrogens (primary N) is 1. The highest BCUT2D eigenvalue weighted by Gasteiger charge is 2.30. The molecule has 0 bridgehead atoms. The molecule has 16 heavy (non-hydrogen) atoms. The van der Waals surface area contributed by atoms with E-state index in [1.165, 1.54) is 0 Å². The predicted molar refractivity (Wildman–Crippen MR) is 71.7 cm³/mol. The number of halogens is 1. The Balaban J connectivity index is 2.38. The standard InChI is InChI=1S/C12H16BrN3/c1-8(2)11-7-15-12(14)16(11)10-6-4-3-5-9(10)13/h3-6,8,11H,7H2,1-2H3,(H2,14,15). The quantitative estimate of drug-likeness (QED) is 0.906. The van der Waals surface area contributed by atoms with E-state index in [1.807, 2.05) is 18.2 Å². The van der Waals surface area contributed by atoms with Crippen LogP contribution in [0.3, 0.4) is 0 Å². The van der Waals surface area contributed by atoms with Gasteiger partial charge in [-0.1, -0.05) is 26.0 Å². The molecule has 3 nitrogen and oxygen atoms in total. The van der Waals surface area contributed by atoms with Crippen LogP contribution in [0.1, 0.15) is 13.8 Å². The van der Waals surface area contributed by atoms with Gasteiger partial charge in [-0.15, -0.1) is 0 Å². The average Bonchev–Trinajstić information content (AvgIpc) is 2.61. The smallest absolute Gasteiger partial charge is 0.196 e. The highest BCUT2D eigenvalue weighted by molar-refractivity contribution is 9.10. The van der Waals surface area contributed by atoms with E-state index < -0.39 is 0 Å². The van der Waals surface area contributed by atoms with Gasteiger partial charge < -0.3 is 10.6 Å². The number of aliphatic imine (C=N–C) groups is 1. The van der Waals surface area contributed by atoms with Crippen molar-refractivity contribution in [3.63, 3.8) is 0 Å². The number of anilines is 1. The highest BCUT2D eigenvalue weighted by Crippen LogP contribution is 2.31. The maximum absolute atomic E-state index is 5.96. The minimum absolute atomic E-state index is 0.360. The molecule has 1 aliphatic rings. The van der Waals surface area contributed by atoms with Crippen LogP contribution in [0.4, 0.5) is 5.69 Å². The van der Waals surface area contributed by atoms with Crippen LogP contribution in [0, 0.1) is 5.92 Å². The molecule has 0 saturated heterocycles. The summed E-state index contributed by atoms with van der Waals surface area (Å²) in [6.07, 6.45) is 0. The Morgan fingerprint density at radius 1 is 1.44 bits per heavy atom. The van der Waals surface area contributed by atoms with Gasteiger partial charge >= 0.3 is 0 Å². The van der Waals surface area contributed by atoms with Crippen molar-refractivity contribution in [2.24, 2.45) is 16.6 Å². The lowest BCUT2D eigenvalue weighted by molar-refractivity contribution is 0.516. The molecular formula is C12H16BrN3. The van der Waals surface area contributed by atoms with Gasteiger partial charge in [0.15, 0.2) is 5.96 Å². The first-order valence-corrected chi connectivity index (χ1v) is 6.24. The van der Waals surface area contributed by atoms with Crippen LogP contribution < -0.4 is 10.6 Å². The zero-order valence-electron chi connectivity index (χ0n) is 9.52. The molecule has 0 fully saturated rings. The Hall–Kier alpha value is -1.03. The van der Waals surface area contributed by atoms with E-state index in [9.17, 15) is 0 Å². The lowest BCUT2D eigenvalue weighted by Crippen LogP contribution is -2.43. The first-order chi connectivity index (χ1) is 7.61. The van der Waals surface area contributed by atoms with Gasteiger partial charge in [-0.25, -0.2) is 0 Å². The van der Waals surface area contributed by atoms with Crippen LogP contribution in [0.5, 0.6) is 0 Å². The van der Waals surface area contributed by atoms with Gasteiger partial charge in [-0.3, -0.25) is 4.99 Å². The molecular weight excluding hydrogens is 266 g/mol. The Morgan fingerprint density at radius 3 is 2.75 bits per heavy atom. The highest BCUT2D eigenvalue weighted by atomic mass is 79.9. The number of hydrogen-bond donors (Lipinski definition) is 1. The molecule has 1 heterocycles. The zero-order chi connectivity index (χ0) is 11.7. The van der Waals surface area contributed by atoms with Crippen LogP contribution in [0.25, 0.3) is 0 Å². The number of benzene rings is 1. The average molecular weight is 282 g/mol. The van der Waals surface area contributed by atoms with Crippen molar-refractivity contribution in [3.8, 4) is 0 Å². The van der Waals surface area contributed by atoms with E-state index in [0.29, 0.717) is 17.9 Å². The molecule has 4 heteroatoms. The molecule has 0 aliphatic carbocycles. The van der Waals surface area contributed by atoms with E-state index in [2.05, 4.69) is 45.7 Å². The molecule has 2 N–H and O–H groups in total. The minimum atomic E-state index is 0.360. The minimum Gasteiger partial charge on any atom is -0.370 e. The number of para-hydroxylation sites is 1. The molecule has 2 rings (SSSR count). The molecule has 1 aliphatic heterocycles. The van der Waals surface area contributed by atoms with Crippen LogP contribution in [-0.4, -0.2) is 18.5 Å². The third kappa shape index (κ3) is 1.94. The summed E-state index contributed by atoms with van der Waals surface area (Å²) < 4.78 is 1.06. The van der Waals surface area contributed by atoms with Crippen molar-refractivity contribution in [1.82, 2.24) is 0 Å². The van der Waals surface area contributed by atoms with E-state index in [1.54, 1.807) is 0 Å². The van der Waals surface area contributed by atoms with E-state index in [0.717, 1.165) is 16.7 Å². The van der Waals surface area contributed by atoms with Crippen LogP contribution in [-0.2, 0) is 0 Å². The lowest BCUT2D eigenvalue weighted by Gasteiger charge is -2.29.